The number of nitrogens with one attached hydrogen (secondary N) is 3. The summed E-state index contributed by atoms with van der Waals surface area (Å²) < 4.78 is 84.7. The molecule has 1 saturated carbocycles. The summed E-state index contributed by atoms with van der Waals surface area (Å²) in [5.41, 5.74) is -2.02. The molecule has 0 unspecified atom stereocenters. The van der Waals surface area contributed by atoms with Crippen molar-refractivity contribution in [2.45, 2.75) is 55.6 Å². The quantitative estimate of drug-likeness (QED) is 0.422. The highest BCUT2D eigenvalue weighted by Gasteiger charge is 2.54. The summed E-state index contributed by atoms with van der Waals surface area (Å²) in [4.78, 5) is 16.4. The first-order valence-electron chi connectivity index (χ1n) is 12.8. The molecule has 11 nitrogen and oxygen atoms in total. The number of pyridine rings is 1. The van der Waals surface area contributed by atoms with Crippen LogP contribution in [0.15, 0.2) is 36.5 Å². The molecule has 0 spiro atoms. The summed E-state index contributed by atoms with van der Waals surface area (Å²) >= 11 is 0. The summed E-state index contributed by atoms with van der Waals surface area (Å²) in [5.74, 6) is -2.69. The van der Waals surface area contributed by atoms with Gasteiger partial charge < -0.3 is 10.6 Å². The number of nitrogens with zero attached hydrogens (tertiary/aromatic N) is 3. The normalized spacial score (nSPS) is 23.3. The van der Waals surface area contributed by atoms with Gasteiger partial charge in [-0.05, 0) is 50.1 Å². The van der Waals surface area contributed by atoms with Crippen molar-refractivity contribution >= 4 is 37.6 Å². The zero-order valence-corrected chi connectivity index (χ0v) is 23.9. The molecule has 0 bridgehead atoms. The summed E-state index contributed by atoms with van der Waals surface area (Å²) in [5, 5.41) is 11.4. The molecule has 4 rings (SSSR count). The lowest BCUT2D eigenvalue weighted by molar-refractivity contribution is 0.102. The van der Waals surface area contributed by atoms with E-state index in [1.807, 2.05) is 0 Å². The zero-order valence-electron chi connectivity index (χ0n) is 22.3. The van der Waals surface area contributed by atoms with E-state index in [1.165, 1.54) is 32.2 Å². The van der Waals surface area contributed by atoms with Gasteiger partial charge in [0.1, 0.15) is 22.6 Å². The number of rotatable bonds is 8. The van der Waals surface area contributed by atoms with E-state index >= 15 is 4.39 Å². The number of aromatic nitrogens is 1. The molecular weight excluding hydrogens is 566 g/mol. The summed E-state index contributed by atoms with van der Waals surface area (Å²) in [6.45, 7) is 2.52. The second-order valence-electron chi connectivity index (χ2n) is 10.1. The van der Waals surface area contributed by atoms with Crippen LogP contribution in [0, 0.1) is 17.0 Å². The van der Waals surface area contributed by atoms with Gasteiger partial charge in [-0.2, -0.15) is 0 Å². The maximum Gasteiger partial charge on any atom is 0.274 e. The highest BCUT2D eigenvalue weighted by molar-refractivity contribution is 7.91. The highest BCUT2D eigenvalue weighted by atomic mass is 32.2. The van der Waals surface area contributed by atoms with E-state index in [2.05, 4.69) is 15.6 Å². The first-order valence-corrected chi connectivity index (χ1v) is 15.8. The smallest absolute Gasteiger partial charge is 0.274 e. The number of sulfonamides is 2. The number of guanidine groups is 1. The predicted octanol–water partition coefficient (Wildman–Crippen LogP) is 2.59. The maximum absolute atomic E-state index is 15.4. The zero-order chi connectivity index (χ0) is 29.5. The second kappa shape index (κ2) is 11.0. The molecule has 1 aromatic heterocycles. The standard InChI is InChI=1S/C25H32F2N6O5S2/c1-4-33(39(35,36)18-7-5-6-8-18)15-22-25(2,31-24(28)32(3)40(22,37)38)19-13-17(10-11-20(19)27)30-23(34)21-12-9-16(26)14-29-21/h9-14,18,22H,4-8,15H2,1-3H3,(H2,28,31)(H,30,34)/t22-,25+/m0/s1. The van der Waals surface area contributed by atoms with E-state index in [9.17, 15) is 26.0 Å². The van der Waals surface area contributed by atoms with Gasteiger partial charge in [0.15, 0.2) is 0 Å². The Bertz CT molecular complexity index is 1510. The van der Waals surface area contributed by atoms with Crippen molar-refractivity contribution in [3.63, 3.8) is 0 Å². The molecule has 2 aliphatic rings. The van der Waals surface area contributed by atoms with E-state index < -0.39 is 66.1 Å². The fourth-order valence-electron chi connectivity index (χ4n) is 5.24. The lowest BCUT2D eigenvalue weighted by Crippen LogP contribution is -2.68. The number of benzene rings is 1. The first kappa shape index (κ1) is 29.8. The molecule has 1 aliphatic carbocycles. The van der Waals surface area contributed by atoms with Gasteiger partial charge in [-0.25, -0.2) is 39.2 Å². The Morgan fingerprint density at radius 2 is 1.93 bits per heavy atom. The third kappa shape index (κ3) is 5.41. The fourth-order valence-corrected chi connectivity index (χ4v) is 9.23. The van der Waals surface area contributed by atoms with E-state index in [4.69, 9.17) is 5.41 Å². The molecule has 3 N–H and O–H groups in total. The molecule has 1 aliphatic heterocycles. The average molecular weight is 599 g/mol. The lowest BCUT2D eigenvalue weighted by Gasteiger charge is -2.47. The third-order valence-electron chi connectivity index (χ3n) is 7.63. The summed E-state index contributed by atoms with van der Waals surface area (Å²) in [6, 6.07) is 5.75. The van der Waals surface area contributed by atoms with Crippen LogP contribution in [0.2, 0.25) is 0 Å². The molecule has 218 valence electrons. The van der Waals surface area contributed by atoms with Crippen LogP contribution in [0.5, 0.6) is 0 Å². The second-order valence-corrected chi connectivity index (χ2v) is 14.4. The van der Waals surface area contributed by atoms with Crippen LogP contribution in [0.1, 0.15) is 55.6 Å². The maximum atomic E-state index is 15.4. The Morgan fingerprint density at radius 1 is 1.25 bits per heavy atom. The van der Waals surface area contributed by atoms with Crippen molar-refractivity contribution in [1.82, 2.24) is 18.9 Å². The SMILES string of the molecule is CCN(C[C@H]1[C@@](C)(c2cc(NC(=O)c3ccc(F)cn3)ccc2F)NC(=N)N(C)S1(=O)=O)S(=O)(=O)C1CCCC1. The van der Waals surface area contributed by atoms with Gasteiger partial charge in [0.25, 0.3) is 5.91 Å². The topological polar surface area (TPSA) is 153 Å². The molecule has 40 heavy (non-hydrogen) atoms. The fraction of sp³-hybridized carbons (Fsp3) is 0.480. The number of hydrogen-bond acceptors (Lipinski definition) is 7. The number of anilines is 1. The van der Waals surface area contributed by atoms with Crippen molar-refractivity contribution in [1.29, 1.82) is 5.41 Å². The minimum Gasteiger partial charge on any atom is -0.345 e. The summed E-state index contributed by atoms with van der Waals surface area (Å²) in [7, 11) is -7.03. The molecule has 15 heteroatoms. The van der Waals surface area contributed by atoms with Crippen LogP contribution in [-0.4, -0.2) is 72.9 Å². The molecule has 2 heterocycles. The van der Waals surface area contributed by atoms with Crippen LogP contribution in [0.4, 0.5) is 14.5 Å². The van der Waals surface area contributed by atoms with Gasteiger partial charge in [-0.15, -0.1) is 0 Å². The Balaban J connectivity index is 1.75. The monoisotopic (exact) mass is 598 g/mol. The molecule has 1 saturated heterocycles. The molecule has 0 radical (unpaired) electrons. The van der Waals surface area contributed by atoms with Gasteiger partial charge in [0.2, 0.25) is 26.0 Å². The third-order valence-corrected chi connectivity index (χ3v) is 12.4. The van der Waals surface area contributed by atoms with Crippen molar-refractivity contribution in [3.8, 4) is 0 Å². The van der Waals surface area contributed by atoms with Crippen LogP contribution in [0.25, 0.3) is 0 Å². The van der Waals surface area contributed by atoms with Crippen molar-refractivity contribution in [3.05, 3.63) is 59.4 Å². The van der Waals surface area contributed by atoms with E-state index in [0.29, 0.717) is 17.1 Å². The minimum atomic E-state index is -4.36. The van der Waals surface area contributed by atoms with E-state index in [0.717, 1.165) is 35.5 Å². The molecular formula is C25H32F2N6O5S2. The van der Waals surface area contributed by atoms with E-state index in [-0.39, 0.29) is 23.5 Å². The number of carbonyl (C=O) groups is 1. The number of hydrogen-bond donors (Lipinski definition) is 3. The first-order chi connectivity index (χ1) is 18.7. The Morgan fingerprint density at radius 3 is 2.52 bits per heavy atom. The van der Waals surface area contributed by atoms with Crippen LogP contribution >= 0.6 is 0 Å². The molecule has 2 aromatic rings. The van der Waals surface area contributed by atoms with Gasteiger partial charge in [0, 0.05) is 31.4 Å². The minimum absolute atomic E-state index is 0.00530. The largest absolute Gasteiger partial charge is 0.345 e. The van der Waals surface area contributed by atoms with Crippen LogP contribution in [0.3, 0.4) is 0 Å². The molecule has 2 atom stereocenters. The molecule has 1 aromatic carbocycles. The van der Waals surface area contributed by atoms with E-state index in [1.54, 1.807) is 6.92 Å². The number of carbonyl (C=O) groups excluding carboxylic acids is 1. The van der Waals surface area contributed by atoms with Crippen LogP contribution < -0.4 is 10.6 Å². The number of amides is 1. The molecule has 2 fully saturated rings. The number of halogens is 2. The Labute approximate surface area is 232 Å². The van der Waals surface area contributed by atoms with Gasteiger partial charge in [0.05, 0.1) is 17.0 Å². The lowest BCUT2D eigenvalue weighted by atomic mass is 9.87. The average Bonchev–Trinajstić information content (AvgIpc) is 3.45. The molecule has 1 amide bonds. The van der Waals surface area contributed by atoms with Gasteiger partial charge in [-0.3, -0.25) is 10.2 Å². The Kier molecular flexibility index (Phi) is 8.20. The van der Waals surface area contributed by atoms with Gasteiger partial charge in [-0.1, -0.05) is 19.8 Å². The van der Waals surface area contributed by atoms with Crippen LogP contribution in [-0.2, 0) is 25.6 Å². The van der Waals surface area contributed by atoms with Gasteiger partial charge >= 0.3 is 0 Å². The van der Waals surface area contributed by atoms with Crippen molar-refractivity contribution in [2.75, 3.05) is 25.5 Å². The van der Waals surface area contributed by atoms with Crippen molar-refractivity contribution < 1.29 is 30.4 Å². The Hall–Kier alpha value is -3.17. The van der Waals surface area contributed by atoms with Crippen molar-refractivity contribution in [2.24, 2.45) is 0 Å². The summed E-state index contributed by atoms with van der Waals surface area (Å²) in [6.07, 6.45) is 3.36. The predicted molar refractivity (Wildman–Crippen MR) is 146 cm³/mol. The highest BCUT2D eigenvalue weighted by Crippen LogP contribution is 2.38.